The molecule has 0 unspecified atom stereocenters. The van der Waals surface area contributed by atoms with E-state index in [0.717, 1.165) is 15.9 Å². The Morgan fingerprint density at radius 1 is 1.35 bits per heavy atom. The van der Waals surface area contributed by atoms with E-state index in [4.69, 9.17) is 5.26 Å². The minimum absolute atomic E-state index is 0.383. The van der Waals surface area contributed by atoms with Crippen molar-refractivity contribution in [2.75, 3.05) is 0 Å². The van der Waals surface area contributed by atoms with Crippen molar-refractivity contribution in [3.05, 3.63) is 46.2 Å². The van der Waals surface area contributed by atoms with E-state index < -0.39 is 0 Å². The summed E-state index contributed by atoms with van der Waals surface area (Å²) in [5.74, 6) is 0.383. The van der Waals surface area contributed by atoms with E-state index in [1.165, 1.54) is 0 Å². The second-order valence-electron chi connectivity index (χ2n) is 4.09. The van der Waals surface area contributed by atoms with Gasteiger partial charge in [0.05, 0.1) is 16.9 Å². The zero-order chi connectivity index (χ0) is 12.4. The van der Waals surface area contributed by atoms with Crippen molar-refractivity contribution in [1.29, 1.82) is 5.26 Å². The maximum atomic E-state index is 9.16. The van der Waals surface area contributed by atoms with Gasteiger partial charge in [-0.1, -0.05) is 19.9 Å². The molecule has 4 heteroatoms. The van der Waals surface area contributed by atoms with Crippen LogP contribution in [0.3, 0.4) is 0 Å². The molecule has 0 aliphatic carbocycles. The number of nitrogens with zero attached hydrogens (tertiary/aromatic N) is 3. The van der Waals surface area contributed by atoms with Crippen LogP contribution >= 0.6 is 15.9 Å². The Morgan fingerprint density at radius 3 is 2.71 bits per heavy atom. The van der Waals surface area contributed by atoms with Crippen LogP contribution in [0.2, 0.25) is 0 Å². The number of rotatable bonds is 2. The van der Waals surface area contributed by atoms with Gasteiger partial charge in [0.15, 0.2) is 0 Å². The first-order valence-corrected chi connectivity index (χ1v) is 6.17. The minimum atomic E-state index is 0.383. The normalized spacial score (nSPS) is 10.5. The Bertz CT molecular complexity index is 579. The van der Waals surface area contributed by atoms with Gasteiger partial charge in [-0.3, -0.25) is 0 Å². The van der Waals surface area contributed by atoms with Gasteiger partial charge in [0.25, 0.3) is 0 Å². The number of halogens is 1. The molecular weight excluding hydrogens is 278 g/mol. The fourth-order valence-corrected chi connectivity index (χ4v) is 2.04. The van der Waals surface area contributed by atoms with E-state index in [-0.39, 0.29) is 0 Å². The summed E-state index contributed by atoms with van der Waals surface area (Å²) in [6.07, 6.45) is 1.89. The summed E-state index contributed by atoms with van der Waals surface area (Å²) in [4.78, 5) is 0. The molecule has 0 atom stereocenters. The van der Waals surface area contributed by atoms with Crippen molar-refractivity contribution in [2.45, 2.75) is 19.8 Å². The first kappa shape index (κ1) is 11.9. The Morgan fingerprint density at radius 2 is 2.12 bits per heavy atom. The zero-order valence-corrected chi connectivity index (χ0v) is 11.3. The smallest absolute Gasteiger partial charge is 0.103 e. The van der Waals surface area contributed by atoms with Gasteiger partial charge in [-0.05, 0) is 40.0 Å². The van der Waals surface area contributed by atoms with Crippen molar-refractivity contribution in [2.24, 2.45) is 0 Å². The second kappa shape index (κ2) is 4.72. The number of aromatic nitrogens is 2. The SMILES string of the molecule is CC(C)c1ccn(-c2cccc(Br)c2C#N)n1. The molecule has 0 fully saturated rings. The molecule has 0 radical (unpaired) electrons. The molecule has 0 aliphatic rings. The van der Waals surface area contributed by atoms with Crippen molar-refractivity contribution < 1.29 is 0 Å². The second-order valence-corrected chi connectivity index (χ2v) is 4.94. The molecular formula is C13H12BrN3. The van der Waals surface area contributed by atoms with Crippen LogP contribution in [0.15, 0.2) is 34.9 Å². The molecule has 17 heavy (non-hydrogen) atoms. The molecule has 1 aromatic carbocycles. The predicted molar refractivity (Wildman–Crippen MR) is 70.1 cm³/mol. The quantitative estimate of drug-likeness (QED) is 0.847. The van der Waals surface area contributed by atoms with Crippen LogP contribution in [0.5, 0.6) is 0 Å². The Hall–Kier alpha value is -1.60. The largest absolute Gasteiger partial charge is 0.239 e. The van der Waals surface area contributed by atoms with E-state index in [0.29, 0.717) is 11.5 Å². The molecule has 3 nitrogen and oxygen atoms in total. The molecule has 0 aliphatic heterocycles. The summed E-state index contributed by atoms with van der Waals surface area (Å²) in [5, 5.41) is 13.6. The van der Waals surface area contributed by atoms with Crippen LogP contribution in [-0.4, -0.2) is 9.78 Å². The summed E-state index contributed by atoms with van der Waals surface area (Å²) in [5.41, 5.74) is 2.42. The molecule has 1 aromatic heterocycles. The topological polar surface area (TPSA) is 41.6 Å². The third kappa shape index (κ3) is 2.25. The third-order valence-electron chi connectivity index (χ3n) is 2.55. The Balaban J connectivity index is 2.53. The summed E-state index contributed by atoms with van der Waals surface area (Å²) in [7, 11) is 0. The van der Waals surface area contributed by atoms with Gasteiger partial charge in [0, 0.05) is 10.7 Å². The molecule has 2 rings (SSSR count). The number of hydrogen-bond acceptors (Lipinski definition) is 2. The van der Waals surface area contributed by atoms with Gasteiger partial charge in [0.1, 0.15) is 6.07 Å². The van der Waals surface area contributed by atoms with Gasteiger partial charge < -0.3 is 0 Å². The maximum Gasteiger partial charge on any atom is 0.103 e. The van der Waals surface area contributed by atoms with Crippen molar-refractivity contribution >= 4 is 15.9 Å². The van der Waals surface area contributed by atoms with Crippen LogP contribution in [0.1, 0.15) is 31.0 Å². The highest BCUT2D eigenvalue weighted by Gasteiger charge is 2.10. The minimum Gasteiger partial charge on any atom is -0.239 e. The molecule has 86 valence electrons. The molecule has 0 saturated carbocycles. The maximum absolute atomic E-state index is 9.16. The molecule has 0 spiro atoms. The van der Waals surface area contributed by atoms with Crippen LogP contribution < -0.4 is 0 Å². The van der Waals surface area contributed by atoms with E-state index in [9.17, 15) is 0 Å². The summed E-state index contributed by atoms with van der Waals surface area (Å²) in [6.45, 7) is 4.19. The molecule has 0 saturated heterocycles. The lowest BCUT2D eigenvalue weighted by atomic mass is 10.1. The highest BCUT2D eigenvalue weighted by molar-refractivity contribution is 9.10. The summed E-state index contributed by atoms with van der Waals surface area (Å²) >= 11 is 3.38. The van der Waals surface area contributed by atoms with Crippen molar-refractivity contribution in [3.63, 3.8) is 0 Å². The first-order valence-electron chi connectivity index (χ1n) is 5.38. The summed E-state index contributed by atoms with van der Waals surface area (Å²) < 4.78 is 2.54. The lowest BCUT2D eigenvalue weighted by Gasteiger charge is -2.05. The first-order chi connectivity index (χ1) is 8.13. The summed E-state index contributed by atoms with van der Waals surface area (Å²) in [6, 6.07) is 9.82. The van der Waals surface area contributed by atoms with Crippen LogP contribution in [0.4, 0.5) is 0 Å². The van der Waals surface area contributed by atoms with Gasteiger partial charge in [-0.25, -0.2) is 4.68 Å². The molecule has 0 bridgehead atoms. The third-order valence-corrected chi connectivity index (χ3v) is 3.21. The van der Waals surface area contributed by atoms with E-state index in [1.807, 2.05) is 30.5 Å². The lowest BCUT2D eigenvalue weighted by molar-refractivity contribution is 0.767. The van der Waals surface area contributed by atoms with E-state index in [2.05, 4.69) is 40.9 Å². The van der Waals surface area contributed by atoms with E-state index in [1.54, 1.807) is 4.68 Å². The number of hydrogen-bond donors (Lipinski definition) is 0. The van der Waals surface area contributed by atoms with Crippen molar-refractivity contribution in [1.82, 2.24) is 9.78 Å². The molecule has 0 amide bonds. The van der Waals surface area contributed by atoms with Gasteiger partial charge >= 0.3 is 0 Å². The standard InChI is InChI=1S/C13H12BrN3/c1-9(2)12-6-7-17(16-12)13-5-3-4-11(14)10(13)8-15/h3-7,9H,1-2H3. The Kier molecular flexibility index (Phi) is 3.30. The Labute approximate surface area is 109 Å². The average molecular weight is 290 g/mol. The highest BCUT2D eigenvalue weighted by atomic mass is 79.9. The van der Waals surface area contributed by atoms with Gasteiger partial charge in [-0.2, -0.15) is 10.4 Å². The van der Waals surface area contributed by atoms with Crippen LogP contribution in [-0.2, 0) is 0 Å². The lowest BCUT2D eigenvalue weighted by Crippen LogP contribution is -2.00. The average Bonchev–Trinajstić information content (AvgIpc) is 2.77. The van der Waals surface area contributed by atoms with Crippen LogP contribution in [0.25, 0.3) is 5.69 Å². The van der Waals surface area contributed by atoms with Crippen LogP contribution in [0, 0.1) is 11.3 Å². The van der Waals surface area contributed by atoms with Gasteiger partial charge in [0.2, 0.25) is 0 Å². The highest BCUT2D eigenvalue weighted by Crippen LogP contribution is 2.23. The predicted octanol–water partition coefficient (Wildman–Crippen LogP) is 3.63. The fraction of sp³-hybridized carbons (Fsp3) is 0.231. The molecule has 0 N–H and O–H groups in total. The monoisotopic (exact) mass is 289 g/mol. The number of benzene rings is 1. The fourth-order valence-electron chi connectivity index (χ4n) is 1.59. The number of nitriles is 1. The zero-order valence-electron chi connectivity index (χ0n) is 9.68. The van der Waals surface area contributed by atoms with E-state index >= 15 is 0 Å². The molecule has 1 heterocycles. The van der Waals surface area contributed by atoms with Gasteiger partial charge in [-0.15, -0.1) is 0 Å². The van der Waals surface area contributed by atoms with Crippen molar-refractivity contribution in [3.8, 4) is 11.8 Å². The molecule has 2 aromatic rings.